The highest BCUT2D eigenvalue weighted by molar-refractivity contribution is 14.1. The first kappa shape index (κ1) is 16.2. The molecule has 0 heterocycles. The van der Waals surface area contributed by atoms with E-state index in [-0.39, 0.29) is 13.0 Å². The molecule has 0 aliphatic heterocycles. The fourth-order valence-electron chi connectivity index (χ4n) is 1.26. The number of benzene rings is 1. The lowest BCUT2D eigenvalue weighted by Crippen LogP contribution is -2.14. The summed E-state index contributed by atoms with van der Waals surface area (Å²) in [5.74, 6) is -0.471. The van der Waals surface area contributed by atoms with Crippen LogP contribution in [0.1, 0.15) is 23.2 Å². The predicted molar refractivity (Wildman–Crippen MR) is 70.7 cm³/mol. The number of hydrogen-bond donors (Lipinski definition) is 0. The van der Waals surface area contributed by atoms with Gasteiger partial charge in [-0.2, -0.15) is 0 Å². The lowest BCUT2D eigenvalue weighted by atomic mass is 10.2. The molecule has 0 saturated carbocycles. The summed E-state index contributed by atoms with van der Waals surface area (Å²) >= 11 is 2.01. The van der Waals surface area contributed by atoms with E-state index in [1.165, 1.54) is 0 Å². The number of hydrogen-bond acceptors (Lipinski definition) is 3. The second-order valence-electron chi connectivity index (χ2n) is 3.62. The standard InChI is InChI=1S/C12H12F3IO3/c13-12(14,15)19-8-4-3-7-18-11(17)9-5-1-2-6-10(9)16/h1-2,5-6H,3-4,7-8H2. The molecule has 0 amide bonds. The first-order valence-electron chi connectivity index (χ1n) is 5.52. The van der Waals surface area contributed by atoms with Crippen LogP contribution in [-0.4, -0.2) is 25.5 Å². The Hall–Kier alpha value is -0.830. The molecule has 0 atom stereocenters. The molecule has 0 aliphatic carbocycles. The molecule has 1 aromatic rings. The van der Waals surface area contributed by atoms with Crippen LogP contribution in [0, 0.1) is 3.57 Å². The lowest BCUT2D eigenvalue weighted by molar-refractivity contribution is -0.324. The summed E-state index contributed by atoms with van der Waals surface area (Å²) in [5.41, 5.74) is 0.453. The Labute approximate surface area is 122 Å². The van der Waals surface area contributed by atoms with Crippen molar-refractivity contribution in [3.8, 4) is 0 Å². The molecule has 1 aromatic carbocycles. The summed E-state index contributed by atoms with van der Waals surface area (Å²) in [5, 5.41) is 0. The fraction of sp³-hybridized carbons (Fsp3) is 0.417. The zero-order valence-corrected chi connectivity index (χ0v) is 12.0. The van der Waals surface area contributed by atoms with E-state index in [0.717, 1.165) is 3.57 Å². The van der Waals surface area contributed by atoms with Gasteiger partial charge in [-0.1, -0.05) is 12.1 Å². The first-order valence-corrected chi connectivity index (χ1v) is 6.60. The average molecular weight is 388 g/mol. The van der Waals surface area contributed by atoms with E-state index >= 15 is 0 Å². The number of carbonyl (C=O) groups is 1. The third-order valence-electron chi connectivity index (χ3n) is 2.13. The van der Waals surface area contributed by atoms with Crippen molar-refractivity contribution < 1.29 is 27.4 Å². The molecule has 0 radical (unpaired) electrons. The van der Waals surface area contributed by atoms with E-state index in [9.17, 15) is 18.0 Å². The molecule has 106 valence electrons. The van der Waals surface area contributed by atoms with Crippen molar-refractivity contribution >= 4 is 28.6 Å². The summed E-state index contributed by atoms with van der Waals surface area (Å²) in [6, 6.07) is 6.92. The quantitative estimate of drug-likeness (QED) is 0.423. The second-order valence-corrected chi connectivity index (χ2v) is 4.78. The average Bonchev–Trinajstić information content (AvgIpc) is 2.32. The Morgan fingerprint density at radius 2 is 1.79 bits per heavy atom. The Morgan fingerprint density at radius 3 is 2.42 bits per heavy atom. The number of unbranched alkanes of at least 4 members (excludes halogenated alkanes) is 1. The smallest absolute Gasteiger partial charge is 0.462 e. The van der Waals surface area contributed by atoms with Crippen LogP contribution in [0.5, 0.6) is 0 Å². The van der Waals surface area contributed by atoms with E-state index in [1.54, 1.807) is 24.3 Å². The molecule has 3 nitrogen and oxygen atoms in total. The SMILES string of the molecule is O=C(OCCCCOC(F)(F)F)c1ccccc1I. The van der Waals surface area contributed by atoms with Crippen LogP contribution in [0.15, 0.2) is 24.3 Å². The second kappa shape index (κ2) is 7.68. The Bertz CT molecular complexity index is 421. The number of alkyl halides is 3. The van der Waals surface area contributed by atoms with Gasteiger partial charge in [0, 0.05) is 3.57 Å². The summed E-state index contributed by atoms with van der Waals surface area (Å²) < 4.78 is 44.3. The Kier molecular flexibility index (Phi) is 6.56. The van der Waals surface area contributed by atoms with Crippen LogP contribution in [0.25, 0.3) is 0 Å². The maximum atomic E-state index is 11.7. The van der Waals surface area contributed by atoms with Crippen molar-refractivity contribution in [1.29, 1.82) is 0 Å². The molecule has 19 heavy (non-hydrogen) atoms. The molecule has 0 unspecified atom stereocenters. The van der Waals surface area contributed by atoms with E-state index in [4.69, 9.17) is 4.74 Å². The van der Waals surface area contributed by atoms with Crippen LogP contribution in [0.4, 0.5) is 13.2 Å². The van der Waals surface area contributed by atoms with Gasteiger partial charge in [-0.05, 0) is 47.6 Å². The van der Waals surface area contributed by atoms with Crippen LogP contribution in [0.2, 0.25) is 0 Å². The van der Waals surface area contributed by atoms with Gasteiger partial charge in [0.2, 0.25) is 0 Å². The zero-order chi connectivity index (χ0) is 14.3. The molecule has 0 N–H and O–H groups in total. The molecule has 0 aromatic heterocycles. The van der Waals surface area contributed by atoms with Gasteiger partial charge in [0.25, 0.3) is 0 Å². The van der Waals surface area contributed by atoms with Crippen LogP contribution < -0.4 is 0 Å². The summed E-state index contributed by atoms with van der Waals surface area (Å²) in [4.78, 5) is 11.6. The van der Waals surface area contributed by atoms with E-state index < -0.39 is 18.9 Å². The molecule has 0 bridgehead atoms. The van der Waals surface area contributed by atoms with Crippen molar-refractivity contribution in [2.45, 2.75) is 19.2 Å². The highest BCUT2D eigenvalue weighted by Gasteiger charge is 2.28. The molecule has 0 saturated heterocycles. The minimum atomic E-state index is -4.60. The largest absolute Gasteiger partial charge is 0.522 e. The van der Waals surface area contributed by atoms with E-state index in [2.05, 4.69) is 4.74 Å². The summed E-state index contributed by atoms with van der Waals surface area (Å²) in [6.07, 6.45) is -4.10. The maximum Gasteiger partial charge on any atom is 0.522 e. The molecule has 7 heteroatoms. The van der Waals surface area contributed by atoms with Gasteiger partial charge in [0.05, 0.1) is 18.8 Å². The van der Waals surface area contributed by atoms with Crippen molar-refractivity contribution in [1.82, 2.24) is 0 Å². The molecule has 1 rings (SSSR count). The van der Waals surface area contributed by atoms with Gasteiger partial charge in [-0.15, -0.1) is 13.2 Å². The third kappa shape index (κ3) is 6.76. The van der Waals surface area contributed by atoms with Crippen molar-refractivity contribution in [3.63, 3.8) is 0 Å². The van der Waals surface area contributed by atoms with Gasteiger partial charge in [-0.3, -0.25) is 4.74 Å². The molecule has 0 spiro atoms. The molecule has 0 fully saturated rings. The zero-order valence-electron chi connectivity index (χ0n) is 9.87. The van der Waals surface area contributed by atoms with Crippen molar-refractivity contribution in [3.05, 3.63) is 33.4 Å². The van der Waals surface area contributed by atoms with Crippen molar-refractivity contribution in [2.75, 3.05) is 13.2 Å². The third-order valence-corrected chi connectivity index (χ3v) is 3.07. The minimum Gasteiger partial charge on any atom is -0.462 e. The summed E-state index contributed by atoms with van der Waals surface area (Å²) in [6.45, 7) is -0.352. The number of carbonyl (C=O) groups excluding carboxylic acids is 1. The van der Waals surface area contributed by atoms with Gasteiger partial charge in [-0.25, -0.2) is 4.79 Å². The molecular weight excluding hydrogens is 376 g/mol. The summed E-state index contributed by atoms with van der Waals surface area (Å²) in [7, 11) is 0. The molecular formula is C12H12F3IO3. The predicted octanol–water partition coefficient (Wildman–Crippen LogP) is 3.76. The van der Waals surface area contributed by atoms with Crippen LogP contribution in [0.3, 0.4) is 0 Å². The Balaban J connectivity index is 2.20. The van der Waals surface area contributed by atoms with E-state index in [0.29, 0.717) is 12.0 Å². The van der Waals surface area contributed by atoms with Gasteiger partial charge in [0.1, 0.15) is 0 Å². The topological polar surface area (TPSA) is 35.5 Å². The lowest BCUT2D eigenvalue weighted by Gasteiger charge is -2.08. The minimum absolute atomic E-state index is 0.0744. The maximum absolute atomic E-state index is 11.7. The first-order chi connectivity index (χ1) is 8.90. The van der Waals surface area contributed by atoms with Gasteiger partial charge < -0.3 is 4.74 Å². The Morgan fingerprint density at radius 1 is 1.16 bits per heavy atom. The molecule has 0 aliphatic rings. The van der Waals surface area contributed by atoms with Gasteiger partial charge >= 0.3 is 12.3 Å². The fourth-order valence-corrected chi connectivity index (χ4v) is 1.87. The van der Waals surface area contributed by atoms with Gasteiger partial charge in [0.15, 0.2) is 0 Å². The highest BCUT2D eigenvalue weighted by Crippen LogP contribution is 2.16. The number of rotatable bonds is 6. The number of esters is 1. The highest BCUT2D eigenvalue weighted by atomic mass is 127. The van der Waals surface area contributed by atoms with E-state index in [1.807, 2.05) is 22.6 Å². The van der Waals surface area contributed by atoms with Crippen molar-refractivity contribution in [2.24, 2.45) is 0 Å². The monoisotopic (exact) mass is 388 g/mol. The normalized spacial score (nSPS) is 11.4. The number of halogens is 4. The number of ether oxygens (including phenoxy) is 2. The van der Waals surface area contributed by atoms with Crippen LogP contribution >= 0.6 is 22.6 Å². The van der Waals surface area contributed by atoms with Crippen LogP contribution in [-0.2, 0) is 9.47 Å².